The Morgan fingerprint density at radius 3 is 2.50 bits per heavy atom. The molecular weight excluding hydrogens is 417 g/mol. The molecular formula is C18H30IN3O2. The van der Waals surface area contributed by atoms with E-state index in [9.17, 15) is 0 Å². The van der Waals surface area contributed by atoms with Gasteiger partial charge >= 0.3 is 0 Å². The second-order valence-corrected chi connectivity index (χ2v) is 6.27. The Morgan fingerprint density at radius 2 is 1.96 bits per heavy atom. The zero-order chi connectivity index (χ0) is 16.7. The minimum absolute atomic E-state index is 0. The standard InChI is InChI=1S/C18H29N3O2.HI/c1-4-18(9-5-10-18)13-21-17(19)20-11-8-14-6-7-15(22-2)16(12-14)23-3;/h6-7,12H,4-5,8-11,13H2,1-3H3,(H3,19,20,21);1H. The summed E-state index contributed by atoms with van der Waals surface area (Å²) >= 11 is 0. The molecule has 0 amide bonds. The van der Waals surface area contributed by atoms with Crippen LogP contribution in [0.4, 0.5) is 0 Å². The zero-order valence-corrected chi connectivity index (χ0v) is 17.3. The first-order valence-electron chi connectivity index (χ1n) is 8.37. The number of ether oxygens (including phenoxy) is 2. The molecule has 2 rings (SSSR count). The molecule has 0 unspecified atom stereocenters. The average molecular weight is 447 g/mol. The molecule has 0 spiro atoms. The highest BCUT2D eigenvalue weighted by atomic mass is 127. The second kappa shape index (κ2) is 9.96. The van der Waals surface area contributed by atoms with Crippen molar-refractivity contribution in [2.24, 2.45) is 16.1 Å². The van der Waals surface area contributed by atoms with Crippen LogP contribution in [0.25, 0.3) is 0 Å². The fourth-order valence-electron chi connectivity index (χ4n) is 2.98. The van der Waals surface area contributed by atoms with Crippen LogP contribution in [0.2, 0.25) is 0 Å². The van der Waals surface area contributed by atoms with Crippen molar-refractivity contribution < 1.29 is 9.47 Å². The molecule has 1 fully saturated rings. The molecule has 1 aromatic carbocycles. The van der Waals surface area contributed by atoms with Crippen LogP contribution in [-0.2, 0) is 6.42 Å². The van der Waals surface area contributed by atoms with E-state index < -0.39 is 0 Å². The van der Waals surface area contributed by atoms with E-state index in [1.807, 2.05) is 18.2 Å². The fourth-order valence-corrected chi connectivity index (χ4v) is 2.98. The van der Waals surface area contributed by atoms with E-state index in [4.69, 9.17) is 15.2 Å². The fraction of sp³-hybridized carbons (Fsp3) is 0.611. The maximum atomic E-state index is 5.97. The van der Waals surface area contributed by atoms with Gasteiger partial charge in [-0.15, -0.1) is 24.0 Å². The van der Waals surface area contributed by atoms with Gasteiger partial charge in [0, 0.05) is 13.1 Å². The predicted molar refractivity (Wildman–Crippen MR) is 110 cm³/mol. The number of rotatable bonds is 8. The summed E-state index contributed by atoms with van der Waals surface area (Å²) in [5, 5.41) is 3.20. The van der Waals surface area contributed by atoms with E-state index in [2.05, 4.69) is 17.2 Å². The highest BCUT2D eigenvalue weighted by molar-refractivity contribution is 14.0. The summed E-state index contributed by atoms with van der Waals surface area (Å²) in [7, 11) is 3.29. The Kier molecular flexibility index (Phi) is 8.66. The molecule has 0 saturated heterocycles. The maximum Gasteiger partial charge on any atom is 0.188 e. The lowest BCUT2D eigenvalue weighted by Gasteiger charge is -2.40. The van der Waals surface area contributed by atoms with Gasteiger partial charge in [-0.25, -0.2) is 0 Å². The number of nitrogens with zero attached hydrogens (tertiary/aromatic N) is 1. The number of nitrogens with two attached hydrogens (primary N) is 1. The van der Waals surface area contributed by atoms with Gasteiger partial charge in [0.2, 0.25) is 0 Å². The first kappa shape index (κ1) is 20.9. The monoisotopic (exact) mass is 447 g/mol. The van der Waals surface area contributed by atoms with Gasteiger partial charge in [0.1, 0.15) is 0 Å². The van der Waals surface area contributed by atoms with Gasteiger partial charge in [-0.3, -0.25) is 4.99 Å². The summed E-state index contributed by atoms with van der Waals surface area (Å²) in [6.07, 6.45) is 5.94. The maximum absolute atomic E-state index is 5.97. The third-order valence-electron chi connectivity index (χ3n) is 4.92. The number of hydrogen-bond acceptors (Lipinski definition) is 3. The van der Waals surface area contributed by atoms with Crippen molar-refractivity contribution in [3.05, 3.63) is 23.8 Å². The van der Waals surface area contributed by atoms with Gasteiger partial charge in [-0.1, -0.05) is 19.4 Å². The Hall–Kier alpha value is -1.18. The number of aliphatic imine (C=N–C) groups is 1. The summed E-state index contributed by atoms with van der Waals surface area (Å²) in [5.41, 5.74) is 7.56. The van der Waals surface area contributed by atoms with Crippen molar-refractivity contribution in [2.45, 2.75) is 39.0 Å². The van der Waals surface area contributed by atoms with E-state index in [0.717, 1.165) is 31.0 Å². The molecule has 24 heavy (non-hydrogen) atoms. The summed E-state index contributed by atoms with van der Waals surface area (Å²) in [4.78, 5) is 4.52. The molecule has 0 bridgehead atoms. The molecule has 0 radical (unpaired) electrons. The predicted octanol–water partition coefficient (Wildman–Crippen LogP) is 3.35. The number of methoxy groups -OCH3 is 2. The first-order chi connectivity index (χ1) is 11.1. The van der Waals surface area contributed by atoms with Gasteiger partial charge in [0.25, 0.3) is 0 Å². The smallest absolute Gasteiger partial charge is 0.188 e. The van der Waals surface area contributed by atoms with Gasteiger partial charge in [0.15, 0.2) is 17.5 Å². The first-order valence-corrected chi connectivity index (χ1v) is 8.37. The molecule has 1 aliphatic rings. The highest BCUT2D eigenvalue weighted by Gasteiger charge is 2.34. The van der Waals surface area contributed by atoms with Crippen molar-refractivity contribution in [3.8, 4) is 11.5 Å². The zero-order valence-electron chi connectivity index (χ0n) is 14.9. The average Bonchev–Trinajstić information content (AvgIpc) is 2.54. The Labute approximate surface area is 162 Å². The van der Waals surface area contributed by atoms with E-state index in [-0.39, 0.29) is 24.0 Å². The minimum atomic E-state index is 0. The van der Waals surface area contributed by atoms with E-state index in [1.165, 1.54) is 31.2 Å². The number of nitrogens with one attached hydrogen (secondary N) is 1. The van der Waals surface area contributed by atoms with Crippen LogP contribution in [0.5, 0.6) is 11.5 Å². The van der Waals surface area contributed by atoms with E-state index in [0.29, 0.717) is 11.4 Å². The number of guanidine groups is 1. The molecule has 3 N–H and O–H groups in total. The lowest BCUT2D eigenvalue weighted by molar-refractivity contribution is 0.139. The SMILES string of the molecule is CCC1(CN=C(N)NCCc2ccc(OC)c(OC)c2)CCC1.I. The Morgan fingerprint density at radius 1 is 1.25 bits per heavy atom. The van der Waals surface area contributed by atoms with Crippen LogP contribution in [0, 0.1) is 5.41 Å². The Balaban J connectivity index is 0.00000288. The minimum Gasteiger partial charge on any atom is -0.493 e. The molecule has 5 nitrogen and oxygen atoms in total. The number of halogens is 1. The van der Waals surface area contributed by atoms with Gasteiger partial charge in [-0.2, -0.15) is 0 Å². The van der Waals surface area contributed by atoms with Gasteiger partial charge < -0.3 is 20.5 Å². The van der Waals surface area contributed by atoms with Gasteiger partial charge in [0.05, 0.1) is 14.2 Å². The van der Waals surface area contributed by atoms with Crippen LogP contribution in [0.1, 0.15) is 38.2 Å². The van der Waals surface area contributed by atoms with E-state index >= 15 is 0 Å². The molecule has 0 aromatic heterocycles. The number of benzene rings is 1. The largest absolute Gasteiger partial charge is 0.493 e. The molecule has 1 saturated carbocycles. The molecule has 6 heteroatoms. The van der Waals surface area contributed by atoms with Crippen molar-refractivity contribution in [3.63, 3.8) is 0 Å². The van der Waals surface area contributed by atoms with Crippen molar-refractivity contribution in [2.75, 3.05) is 27.3 Å². The molecule has 1 aliphatic carbocycles. The summed E-state index contributed by atoms with van der Waals surface area (Å²) in [5.74, 6) is 2.04. The third-order valence-corrected chi connectivity index (χ3v) is 4.92. The van der Waals surface area contributed by atoms with Crippen LogP contribution < -0.4 is 20.5 Å². The van der Waals surface area contributed by atoms with Crippen molar-refractivity contribution in [1.29, 1.82) is 0 Å². The molecule has 136 valence electrons. The van der Waals surface area contributed by atoms with Crippen LogP contribution in [-0.4, -0.2) is 33.3 Å². The summed E-state index contributed by atoms with van der Waals surface area (Å²) < 4.78 is 10.6. The normalized spacial score (nSPS) is 15.9. The van der Waals surface area contributed by atoms with Crippen molar-refractivity contribution >= 4 is 29.9 Å². The summed E-state index contributed by atoms with van der Waals surface area (Å²) in [6.45, 7) is 3.85. The van der Waals surface area contributed by atoms with Crippen LogP contribution in [0.15, 0.2) is 23.2 Å². The quantitative estimate of drug-likeness (QED) is 0.365. The van der Waals surface area contributed by atoms with Crippen LogP contribution >= 0.6 is 24.0 Å². The number of hydrogen-bond donors (Lipinski definition) is 2. The lowest BCUT2D eigenvalue weighted by atomic mass is 9.67. The molecule has 0 heterocycles. The second-order valence-electron chi connectivity index (χ2n) is 6.27. The highest BCUT2D eigenvalue weighted by Crippen LogP contribution is 2.43. The summed E-state index contributed by atoms with van der Waals surface area (Å²) in [6, 6.07) is 5.96. The van der Waals surface area contributed by atoms with E-state index in [1.54, 1.807) is 14.2 Å². The third kappa shape index (κ3) is 5.43. The molecule has 0 aliphatic heterocycles. The Bertz CT molecular complexity index is 540. The topological polar surface area (TPSA) is 68.9 Å². The molecule has 0 atom stereocenters. The molecule has 1 aromatic rings. The lowest BCUT2D eigenvalue weighted by Crippen LogP contribution is -2.37. The van der Waals surface area contributed by atoms with Gasteiger partial charge in [-0.05, 0) is 48.8 Å². The van der Waals surface area contributed by atoms with Crippen LogP contribution in [0.3, 0.4) is 0 Å². The van der Waals surface area contributed by atoms with Crippen molar-refractivity contribution in [1.82, 2.24) is 5.32 Å².